The van der Waals surface area contributed by atoms with Gasteiger partial charge in [-0.1, -0.05) is 30.0 Å². The Morgan fingerprint density at radius 3 is 2.93 bits per heavy atom. The fourth-order valence-electron chi connectivity index (χ4n) is 2.53. The van der Waals surface area contributed by atoms with Crippen molar-refractivity contribution in [3.8, 4) is 5.75 Å². The number of allylic oxidation sites excluding steroid dienone is 1. The first kappa shape index (κ1) is 21.1. The van der Waals surface area contributed by atoms with E-state index in [1.54, 1.807) is 47.6 Å². The first-order valence-corrected chi connectivity index (χ1v) is 10.8. The van der Waals surface area contributed by atoms with E-state index in [0.717, 1.165) is 5.56 Å². The third-order valence-corrected chi connectivity index (χ3v) is 5.73. The second-order valence-corrected chi connectivity index (χ2v) is 7.91. The van der Waals surface area contributed by atoms with Crippen LogP contribution in [0.3, 0.4) is 0 Å². The molecule has 0 bridgehead atoms. The molecule has 152 valence electrons. The van der Waals surface area contributed by atoms with Gasteiger partial charge in [0.1, 0.15) is 6.61 Å². The van der Waals surface area contributed by atoms with E-state index in [2.05, 4.69) is 16.8 Å². The number of hydrogen-bond acceptors (Lipinski definition) is 6. The Balaban J connectivity index is 1.61. The molecule has 0 aliphatic heterocycles. The molecular weight excluding hydrogens is 411 g/mol. The maximum Gasteiger partial charge on any atom is 0.233 e. The van der Waals surface area contributed by atoms with Crippen molar-refractivity contribution in [3.63, 3.8) is 0 Å². The van der Waals surface area contributed by atoms with Gasteiger partial charge in [-0.3, -0.25) is 9.36 Å². The summed E-state index contributed by atoms with van der Waals surface area (Å²) in [5.41, 5.74) is 1.11. The van der Waals surface area contributed by atoms with Gasteiger partial charge < -0.3 is 9.64 Å². The summed E-state index contributed by atoms with van der Waals surface area (Å²) >= 11 is 2.91. The summed E-state index contributed by atoms with van der Waals surface area (Å²) in [7, 11) is 1.78. The molecule has 0 aliphatic carbocycles. The topological polar surface area (TPSA) is 60.2 Å². The minimum Gasteiger partial charge on any atom is -0.483 e. The average molecular weight is 433 g/mol. The number of thiophene rings is 1. The van der Waals surface area contributed by atoms with Crippen molar-refractivity contribution >= 4 is 29.0 Å². The van der Waals surface area contributed by atoms with Gasteiger partial charge in [0.15, 0.2) is 22.5 Å². The van der Waals surface area contributed by atoms with Crippen LogP contribution in [0, 0.1) is 5.82 Å². The Hall–Kier alpha value is -2.65. The van der Waals surface area contributed by atoms with Crippen molar-refractivity contribution in [1.82, 2.24) is 19.7 Å². The molecule has 0 saturated carbocycles. The van der Waals surface area contributed by atoms with Gasteiger partial charge in [0.25, 0.3) is 0 Å². The van der Waals surface area contributed by atoms with Crippen LogP contribution >= 0.6 is 23.1 Å². The van der Waals surface area contributed by atoms with Crippen molar-refractivity contribution in [2.45, 2.75) is 24.9 Å². The number of halogens is 1. The molecule has 0 atom stereocenters. The van der Waals surface area contributed by atoms with Crippen LogP contribution in [0.15, 0.2) is 58.9 Å². The van der Waals surface area contributed by atoms with E-state index in [4.69, 9.17) is 4.74 Å². The second kappa shape index (κ2) is 10.2. The molecule has 3 rings (SSSR count). The zero-order valence-corrected chi connectivity index (χ0v) is 17.6. The molecule has 1 aromatic carbocycles. The minimum absolute atomic E-state index is 0.00138. The summed E-state index contributed by atoms with van der Waals surface area (Å²) in [5, 5.41) is 12.9. The highest BCUT2D eigenvalue weighted by Gasteiger charge is 2.16. The highest BCUT2D eigenvalue weighted by atomic mass is 32.2. The molecule has 29 heavy (non-hydrogen) atoms. The zero-order valence-electron chi connectivity index (χ0n) is 16.0. The lowest BCUT2D eigenvalue weighted by Crippen LogP contribution is -2.27. The van der Waals surface area contributed by atoms with E-state index in [-0.39, 0.29) is 24.0 Å². The number of hydrogen-bond donors (Lipinski definition) is 0. The smallest absolute Gasteiger partial charge is 0.233 e. The summed E-state index contributed by atoms with van der Waals surface area (Å²) in [6, 6.07) is 8.20. The van der Waals surface area contributed by atoms with Crippen LogP contribution in [0.2, 0.25) is 0 Å². The monoisotopic (exact) mass is 432 g/mol. The number of ether oxygens (including phenoxy) is 1. The van der Waals surface area contributed by atoms with Crippen LogP contribution in [0.4, 0.5) is 4.39 Å². The number of rotatable bonds is 10. The molecule has 1 amide bonds. The SMILES string of the molecule is C=CCn1c(COc2ccccc2F)nnc1SCC(=O)N(C)Cc1ccsc1. The molecule has 9 heteroatoms. The fourth-order valence-corrected chi connectivity index (χ4v) is 4.10. The fraction of sp³-hybridized carbons (Fsp3) is 0.250. The molecule has 0 spiro atoms. The van der Waals surface area contributed by atoms with Gasteiger partial charge in [-0.15, -0.1) is 16.8 Å². The zero-order chi connectivity index (χ0) is 20.6. The Kier molecular flexibility index (Phi) is 7.42. The third kappa shape index (κ3) is 5.68. The molecule has 2 heterocycles. The number of amides is 1. The number of aromatic nitrogens is 3. The van der Waals surface area contributed by atoms with Crippen LogP contribution in [-0.4, -0.2) is 38.4 Å². The van der Waals surface area contributed by atoms with E-state index in [0.29, 0.717) is 24.1 Å². The quantitative estimate of drug-likeness (QED) is 0.358. The van der Waals surface area contributed by atoms with E-state index in [9.17, 15) is 9.18 Å². The lowest BCUT2D eigenvalue weighted by Gasteiger charge is -2.16. The number of thioether (sulfide) groups is 1. The highest BCUT2D eigenvalue weighted by Crippen LogP contribution is 2.21. The van der Waals surface area contributed by atoms with Crippen molar-refractivity contribution in [2.75, 3.05) is 12.8 Å². The molecule has 3 aromatic rings. The summed E-state index contributed by atoms with van der Waals surface area (Å²) in [6.45, 7) is 4.85. The Morgan fingerprint density at radius 1 is 1.38 bits per heavy atom. The van der Waals surface area contributed by atoms with E-state index >= 15 is 0 Å². The van der Waals surface area contributed by atoms with Crippen LogP contribution in [0.1, 0.15) is 11.4 Å². The molecule has 0 saturated heterocycles. The lowest BCUT2D eigenvalue weighted by atomic mass is 10.3. The maximum absolute atomic E-state index is 13.7. The number of nitrogens with zero attached hydrogens (tertiary/aromatic N) is 4. The first-order valence-electron chi connectivity index (χ1n) is 8.86. The second-order valence-electron chi connectivity index (χ2n) is 6.19. The van der Waals surface area contributed by atoms with E-state index in [1.807, 2.05) is 21.4 Å². The Morgan fingerprint density at radius 2 is 2.21 bits per heavy atom. The third-order valence-electron chi connectivity index (χ3n) is 4.05. The standard InChI is InChI=1S/C20H21FN4O2S2/c1-3-9-25-18(12-27-17-7-5-4-6-16(17)21)22-23-20(25)29-14-19(26)24(2)11-15-8-10-28-13-15/h3-8,10,13H,1,9,11-12,14H2,2H3. The summed E-state index contributed by atoms with van der Waals surface area (Å²) in [6.07, 6.45) is 1.71. The van der Waals surface area contributed by atoms with Gasteiger partial charge in [0, 0.05) is 20.1 Å². The van der Waals surface area contributed by atoms with Crippen LogP contribution < -0.4 is 4.74 Å². The van der Waals surface area contributed by atoms with Gasteiger partial charge >= 0.3 is 0 Å². The van der Waals surface area contributed by atoms with Crippen molar-refractivity contribution in [1.29, 1.82) is 0 Å². The van der Waals surface area contributed by atoms with Gasteiger partial charge in [0.05, 0.1) is 5.75 Å². The number of carbonyl (C=O) groups is 1. The normalized spacial score (nSPS) is 10.7. The molecular formula is C20H21FN4O2S2. The Labute approximate surface area is 177 Å². The lowest BCUT2D eigenvalue weighted by molar-refractivity contribution is -0.127. The van der Waals surface area contributed by atoms with Crippen molar-refractivity contribution in [3.05, 3.63) is 71.0 Å². The van der Waals surface area contributed by atoms with Crippen molar-refractivity contribution in [2.24, 2.45) is 0 Å². The number of para-hydroxylation sites is 1. The summed E-state index contributed by atoms with van der Waals surface area (Å²) in [4.78, 5) is 14.1. The van der Waals surface area contributed by atoms with Gasteiger partial charge in [-0.05, 0) is 34.5 Å². The predicted octanol–water partition coefficient (Wildman–Crippen LogP) is 3.99. The van der Waals surface area contributed by atoms with Crippen LogP contribution in [0.25, 0.3) is 0 Å². The molecule has 6 nitrogen and oxygen atoms in total. The molecule has 0 radical (unpaired) electrons. The molecule has 0 fully saturated rings. The number of carbonyl (C=O) groups excluding carboxylic acids is 1. The van der Waals surface area contributed by atoms with E-state index < -0.39 is 5.82 Å². The van der Waals surface area contributed by atoms with Crippen LogP contribution in [-0.2, 0) is 24.5 Å². The molecule has 0 N–H and O–H groups in total. The summed E-state index contributed by atoms with van der Waals surface area (Å²) in [5.74, 6) is 0.494. The largest absolute Gasteiger partial charge is 0.483 e. The number of benzene rings is 1. The van der Waals surface area contributed by atoms with Crippen LogP contribution in [0.5, 0.6) is 5.75 Å². The predicted molar refractivity (Wildman–Crippen MR) is 112 cm³/mol. The minimum atomic E-state index is -0.434. The van der Waals surface area contributed by atoms with Gasteiger partial charge in [0.2, 0.25) is 5.91 Å². The maximum atomic E-state index is 13.7. The van der Waals surface area contributed by atoms with Crippen molar-refractivity contribution < 1.29 is 13.9 Å². The van der Waals surface area contributed by atoms with E-state index in [1.165, 1.54) is 17.8 Å². The first-order chi connectivity index (χ1) is 14.1. The Bertz CT molecular complexity index is 959. The van der Waals surface area contributed by atoms with Gasteiger partial charge in [-0.25, -0.2) is 4.39 Å². The highest BCUT2D eigenvalue weighted by molar-refractivity contribution is 7.99. The summed E-state index contributed by atoms with van der Waals surface area (Å²) < 4.78 is 21.1. The van der Waals surface area contributed by atoms with Gasteiger partial charge in [-0.2, -0.15) is 11.3 Å². The average Bonchev–Trinajstić information content (AvgIpc) is 3.36. The molecule has 0 aliphatic rings. The molecule has 0 unspecified atom stereocenters. The molecule has 2 aromatic heterocycles.